The summed E-state index contributed by atoms with van der Waals surface area (Å²) in [6, 6.07) is 14.2. The topological polar surface area (TPSA) is 47.6 Å². The normalized spacial score (nSPS) is 14.2. The summed E-state index contributed by atoms with van der Waals surface area (Å²) in [5, 5.41) is 3.71. The van der Waals surface area contributed by atoms with Crippen molar-refractivity contribution in [1.29, 1.82) is 0 Å². The molecule has 4 nitrogen and oxygen atoms in total. The van der Waals surface area contributed by atoms with E-state index in [1.165, 1.54) is 0 Å². The van der Waals surface area contributed by atoms with Crippen molar-refractivity contribution < 1.29 is 14.3 Å². The Morgan fingerprint density at radius 2 is 1.91 bits per heavy atom. The Kier molecular flexibility index (Phi) is 4.61. The van der Waals surface area contributed by atoms with Gasteiger partial charge in [0.05, 0.1) is 0 Å². The van der Waals surface area contributed by atoms with E-state index in [9.17, 15) is 4.79 Å². The number of benzene rings is 2. The molecule has 1 aliphatic rings. The lowest BCUT2D eigenvalue weighted by molar-refractivity contribution is 0.0911. The fourth-order valence-corrected chi connectivity index (χ4v) is 2.23. The van der Waals surface area contributed by atoms with E-state index in [1.807, 2.05) is 18.2 Å². The lowest BCUT2D eigenvalue weighted by Crippen LogP contribution is -2.50. The zero-order chi connectivity index (χ0) is 15.4. The van der Waals surface area contributed by atoms with E-state index in [-0.39, 0.29) is 18.5 Å². The minimum absolute atomic E-state index is 0.0368. The predicted molar refractivity (Wildman–Crippen MR) is 85.0 cm³/mol. The van der Waals surface area contributed by atoms with Crippen LogP contribution in [-0.2, 0) is 0 Å². The van der Waals surface area contributed by atoms with Gasteiger partial charge >= 0.3 is 0 Å². The standard InChI is InChI=1S/C17H16ClNO3/c18-13-6-7-16(17(8-13)22-14-9-19-10-14)21-11-15(20)12-4-2-1-3-5-12/h1-8,14,19H,9-11H2. The largest absolute Gasteiger partial charge is 0.484 e. The van der Waals surface area contributed by atoms with Crippen molar-refractivity contribution in [2.24, 2.45) is 0 Å². The van der Waals surface area contributed by atoms with Gasteiger partial charge in [0.2, 0.25) is 0 Å². The first-order chi connectivity index (χ1) is 10.7. The molecular weight excluding hydrogens is 302 g/mol. The molecule has 1 N–H and O–H groups in total. The summed E-state index contributed by atoms with van der Waals surface area (Å²) in [7, 11) is 0. The Bertz CT molecular complexity index is 656. The summed E-state index contributed by atoms with van der Waals surface area (Å²) in [6.07, 6.45) is 0.116. The molecule has 22 heavy (non-hydrogen) atoms. The minimum Gasteiger partial charge on any atom is -0.484 e. The number of carbonyl (C=O) groups is 1. The van der Waals surface area contributed by atoms with Crippen molar-refractivity contribution in [1.82, 2.24) is 5.32 Å². The predicted octanol–water partition coefficient (Wildman–Crippen LogP) is 2.95. The highest BCUT2D eigenvalue weighted by atomic mass is 35.5. The maximum atomic E-state index is 12.1. The van der Waals surface area contributed by atoms with Crippen molar-refractivity contribution in [2.75, 3.05) is 19.7 Å². The second kappa shape index (κ2) is 6.81. The van der Waals surface area contributed by atoms with Gasteiger partial charge in [-0.25, -0.2) is 0 Å². The number of carbonyl (C=O) groups excluding carboxylic acids is 1. The minimum atomic E-state index is -0.0770. The fourth-order valence-electron chi connectivity index (χ4n) is 2.07. The van der Waals surface area contributed by atoms with E-state index >= 15 is 0 Å². The molecular formula is C17H16ClNO3. The van der Waals surface area contributed by atoms with Gasteiger partial charge in [-0.1, -0.05) is 41.9 Å². The van der Waals surface area contributed by atoms with Crippen LogP contribution in [0.4, 0.5) is 0 Å². The molecule has 0 atom stereocenters. The Morgan fingerprint density at radius 1 is 1.14 bits per heavy atom. The van der Waals surface area contributed by atoms with Gasteiger partial charge in [-0.2, -0.15) is 0 Å². The average Bonchev–Trinajstić information content (AvgIpc) is 2.50. The van der Waals surface area contributed by atoms with Crippen LogP contribution in [0.25, 0.3) is 0 Å². The average molecular weight is 318 g/mol. The van der Waals surface area contributed by atoms with Crippen molar-refractivity contribution in [3.63, 3.8) is 0 Å². The van der Waals surface area contributed by atoms with Gasteiger partial charge in [0.1, 0.15) is 6.10 Å². The van der Waals surface area contributed by atoms with E-state index in [1.54, 1.807) is 30.3 Å². The Labute approximate surface area is 134 Å². The summed E-state index contributed by atoms with van der Waals surface area (Å²) < 4.78 is 11.4. The summed E-state index contributed by atoms with van der Waals surface area (Å²) in [5.74, 6) is 1.02. The molecule has 1 heterocycles. The van der Waals surface area contributed by atoms with Crippen LogP contribution in [0.15, 0.2) is 48.5 Å². The van der Waals surface area contributed by atoms with Gasteiger partial charge in [0.25, 0.3) is 0 Å². The molecule has 0 bridgehead atoms. The molecule has 1 fully saturated rings. The first-order valence-corrected chi connectivity index (χ1v) is 7.48. The molecule has 1 aliphatic heterocycles. The molecule has 114 valence electrons. The first-order valence-electron chi connectivity index (χ1n) is 7.10. The summed E-state index contributed by atoms with van der Waals surface area (Å²) in [5.41, 5.74) is 0.627. The van der Waals surface area contributed by atoms with E-state index < -0.39 is 0 Å². The number of hydrogen-bond acceptors (Lipinski definition) is 4. The number of hydrogen-bond donors (Lipinski definition) is 1. The number of Topliss-reactive ketones (excluding diaryl/α,β-unsaturated/α-hetero) is 1. The van der Waals surface area contributed by atoms with Gasteiger partial charge in [-0.05, 0) is 12.1 Å². The molecule has 0 aromatic heterocycles. The van der Waals surface area contributed by atoms with Crippen LogP contribution in [0.5, 0.6) is 11.5 Å². The fraction of sp³-hybridized carbons (Fsp3) is 0.235. The molecule has 0 saturated carbocycles. The van der Waals surface area contributed by atoms with E-state index in [2.05, 4.69) is 5.32 Å². The Hall–Kier alpha value is -2.04. The highest BCUT2D eigenvalue weighted by Gasteiger charge is 2.20. The van der Waals surface area contributed by atoms with Gasteiger partial charge in [0.15, 0.2) is 23.9 Å². The summed E-state index contributed by atoms with van der Waals surface area (Å²) >= 11 is 6.00. The lowest BCUT2D eigenvalue weighted by Gasteiger charge is -2.28. The second-order valence-electron chi connectivity index (χ2n) is 5.07. The Morgan fingerprint density at radius 3 is 2.59 bits per heavy atom. The molecule has 3 rings (SSSR count). The number of rotatable bonds is 6. The zero-order valence-corrected chi connectivity index (χ0v) is 12.7. The molecule has 5 heteroatoms. The first kappa shape index (κ1) is 14.9. The number of halogens is 1. The van der Waals surface area contributed by atoms with Crippen molar-refractivity contribution >= 4 is 17.4 Å². The molecule has 0 amide bonds. The monoisotopic (exact) mass is 317 g/mol. The second-order valence-corrected chi connectivity index (χ2v) is 5.50. The van der Waals surface area contributed by atoms with Crippen LogP contribution in [0, 0.1) is 0 Å². The van der Waals surface area contributed by atoms with Crippen LogP contribution in [0.2, 0.25) is 5.02 Å². The van der Waals surface area contributed by atoms with E-state index in [4.69, 9.17) is 21.1 Å². The number of ketones is 1. The smallest absolute Gasteiger partial charge is 0.200 e. The summed E-state index contributed by atoms with van der Waals surface area (Å²) in [6.45, 7) is 1.56. The Balaban J connectivity index is 1.67. The van der Waals surface area contributed by atoms with Crippen molar-refractivity contribution in [3.8, 4) is 11.5 Å². The quantitative estimate of drug-likeness (QED) is 0.832. The van der Waals surface area contributed by atoms with Gasteiger partial charge in [-0.15, -0.1) is 0 Å². The molecule has 1 saturated heterocycles. The van der Waals surface area contributed by atoms with E-state index in [0.717, 1.165) is 13.1 Å². The maximum Gasteiger partial charge on any atom is 0.200 e. The third-order valence-electron chi connectivity index (χ3n) is 3.40. The SMILES string of the molecule is O=C(COc1ccc(Cl)cc1OC1CNC1)c1ccccc1. The van der Waals surface area contributed by atoms with Gasteiger partial charge in [0, 0.05) is 29.7 Å². The molecule has 2 aromatic rings. The number of ether oxygens (including phenoxy) is 2. The molecule has 0 aliphatic carbocycles. The third kappa shape index (κ3) is 3.59. The highest BCUT2D eigenvalue weighted by molar-refractivity contribution is 6.30. The van der Waals surface area contributed by atoms with Crippen LogP contribution in [0.1, 0.15) is 10.4 Å². The van der Waals surface area contributed by atoms with Crippen LogP contribution < -0.4 is 14.8 Å². The molecule has 0 spiro atoms. The van der Waals surface area contributed by atoms with E-state index in [0.29, 0.717) is 22.1 Å². The van der Waals surface area contributed by atoms with Gasteiger partial charge < -0.3 is 14.8 Å². The lowest BCUT2D eigenvalue weighted by atomic mass is 10.1. The maximum absolute atomic E-state index is 12.1. The van der Waals surface area contributed by atoms with Gasteiger partial charge in [-0.3, -0.25) is 4.79 Å². The van der Waals surface area contributed by atoms with Crippen molar-refractivity contribution in [3.05, 3.63) is 59.1 Å². The van der Waals surface area contributed by atoms with Crippen LogP contribution in [-0.4, -0.2) is 31.6 Å². The summed E-state index contributed by atoms with van der Waals surface area (Å²) in [4.78, 5) is 12.1. The zero-order valence-electron chi connectivity index (χ0n) is 11.9. The van der Waals surface area contributed by atoms with Crippen LogP contribution >= 0.6 is 11.6 Å². The third-order valence-corrected chi connectivity index (χ3v) is 3.63. The molecule has 0 radical (unpaired) electrons. The van der Waals surface area contributed by atoms with Crippen molar-refractivity contribution in [2.45, 2.75) is 6.10 Å². The molecule has 2 aromatic carbocycles. The number of nitrogens with one attached hydrogen (secondary N) is 1. The molecule has 0 unspecified atom stereocenters. The van der Waals surface area contributed by atoms with Crippen LogP contribution in [0.3, 0.4) is 0 Å². The highest BCUT2D eigenvalue weighted by Crippen LogP contribution is 2.31.